The number of nitrogens with one attached hydrogen (secondary N) is 2. The van der Waals surface area contributed by atoms with Gasteiger partial charge in [-0.2, -0.15) is 0 Å². The van der Waals surface area contributed by atoms with Gasteiger partial charge < -0.3 is 14.8 Å². The molecule has 0 aliphatic heterocycles. The number of rotatable bonds is 6. The van der Waals surface area contributed by atoms with Gasteiger partial charge in [0.15, 0.2) is 17.2 Å². The van der Waals surface area contributed by atoms with Crippen molar-refractivity contribution in [2.75, 3.05) is 16.6 Å². The van der Waals surface area contributed by atoms with Gasteiger partial charge in [-0.3, -0.25) is 4.72 Å². The van der Waals surface area contributed by atoms with Crippen LogP contribution in [0.5, 0.6) is 0 Å². The Labute approximate surface area is 164 Å². The summed E-state index contributed by atoms with van der Waals surface area (Å²) in [4.78, 5) is 0. The highest BCUT2D eigenvalue weighted by Crippen LogP contribution is 2.43. The van der Waals surface area contributed by atoms with Gasteiger partial charge in [-0.05, 0) is 37.1 Å². The molecule has 6 nitrogen and oxygen atoms in total. The van der Waals surface area contributed by atoms with Crippen molar-refractivity contribution in [3.05, 3.63) is 53.5 Å². The fraction of sp³-hybridized carbons (Fsp3) is 0.263. The summed E-state index contributed by atoms with van der Waals surface area (Å²) in [6.07, 6.45) is 1.33. The average Bonchev–Trinajstić information content (AvgIpc) is 3.33. The van der Waals surface area contributed by atoms with Crippen molar-refractivity contribution in [3.8, 4) is 0 Å². The van der Waals surface area contributed by atoms with E-state index in [0.717, 1.165) is 12.3 Å². The summed E-state index contributed by atoms with van der Waals surface area (Å²) in [6, 6.07) is 5.25. The molecule has 1 aliphatic rings. The van der Waals surface area contributed by atoms with Gasteiger partial charge in [-0.25, -0.2) is 21.6 Å². The SMILES string of the molecule is Cc1ccc(Nc2c(F)c(F)c3ccoc3c2NS(=O)(=O)C2CC2CO)c(F)c1. The van der Waals surface area contributed by atoms with Crippen LogP contribution in [-0.2, 0) is 10.0 Å². The predicted octanol–water partition coefficient (Wildman–Crippen LogP) is 4.02. The van der Waals surface area contributed by atoms with Crippen LogP contribution in [0.4, 0.5) is 30.2 Å². The summed E-state index contributed by atoms with van der Waals surface area (Å²) in [6.45, 7) is 1.36. The second kappa shape index (κ2) is 6.96. The van der Waals surface area contributed by atoms with E-state index < -0.39 is 44.3 Å². The summed E-state index contributed by atoms with van der Waals surface area (Å²) in [5, 5.41) is 10.5. The molecule has 3 N–H and O–H groups in total. The van der Waals surface area contributed by atoms with Gasteiger partial charge in [-0.15, -0.1) is 0 Å². The Kier molecular flexibility index (Phi) is 4.70. The number of anilines is 3. The number of halogens is 3. The van der Waals surface area contributed by atoms with Crippen LogP contribution < -0.4 is 10.0 Å². The quantitative estimate of drug-likeness (QED) is 0.554. The molecule has 0 bridgehead atoms. The monoisotopic (exact) mass is 426 g/mol. The number of aryl methyl sites for hydroxylation is 1. The molecule has 3 aromatic rings. The molecule has 0 saturated heterocycles. The largest absolute Gasteiger partial charge is 0.462 e. The van der Waals surface area contributed by atoms with E-state index in [0.29, 0.717) is 5.56 Å². The summed E-state index contributed by atoms with van der Waals surface area (Å²) in [7, 11) is -4.02. The van der Waals surface area contributed by atoms with Crippen LogP contribution in [0.25, 0.3) is 11.0 Å². The molecular formula is C19H17F3N2O4S. The molecule has 1 aromatic heterocycles. The van der Waals surface area contributed by atoms with Gasteiger partial charge in [0, 0.05) is 12.5 Å². The van der Waals surface area contributed by atoms with Crippen LogP contribution in [0.3, 0.4) is 0 Å². The van der Waals surface area contributed by atoms with Gasteiger partial charge in [0.05, 0.1) is 22.6 Å². The van der Waals surface area contributed by atoms with Crippen molar-refractivity contribution in [1.29, 1.82) is 0 Å². The van der Waals surface area contributed by atoms with Gasteiger partial charge in [-0.1, -0.05) is 6.07 Å². The van der Waals surface area contributed by atoms with E-state index in [9.17, 15) is 21.6 Å². The third-order valence-corrected chi connectivity index (χ3v) is 6.77. The van der Waals surface area contributed by atoms with E-state index in [-0.39, 0.29) is 35.4 Å². The standard InChI is InChI=1S/C19H17F3N2O4S/c1-9-2-3-13(12(20)6-9)23-17-16(22)15(21)11-4-5-28-19(11)18(17)24-29(26,27)14-7-10(14)8-25/h2-6,10,14,23-25H,7-8H2,1H3. The summed E-state index contributed by atoms with van der Waals surface area (Å²) in [5.74, 6) is -3.80. The lowest BCUT2D eigenvalue weighted by molar-refractivity contribution is 0.277. The Morgan fingerprint density at radius 2 is 1.93 bits per heavy atom. The molecule has 1 saturated carbocycles. The normalized spacial score (nSPS) is 18.8. The molecule has 154 valence electrons. The van der Waals surface area contributed by atoms with Crippen LogP contribution in [0.15, 0.2) is 34.9 Å². The number of aliphatic hydroxyl groups excluding tert-OH is 1. The molecule has 1 fully saturated rings. The summed E-state index contributed by atoms with van der Waals surface area (Å²) >= 11 is 0. The lowest BCUT2D eigenvalue weighted by Gasteiger charge is -2.17. The molecule has 29 heavy (non-hydrogen) atoms. The molecule has 2 atom stereocenters. The first-order valence-electron chi connectivity index (χ1n) is 8.76. The summed E-state index contributed by atoms with van der Waals surface area (Å²) in [5.41, 5.74) is -0.751. The van der Waals surface area contributed by atoms with Gasteiger partial charge in [0.1, 0.15) is 17.2 Å². The van der Waals surface area contributed by atoms with Crippen LogP contribution in [0, 0.1) is 30.3 Å². The summed E-state index contributed by atoms with van der Waals surface area (Å²) < 4.78 is 76.3. The minimum atomic E-state index is -4.02. The van der Waals surface area contributed by atoms with Crippen LogP contribution in [-0.4, -0.2) is 25.4 Å². The van der Waals surface area contributed by atoms with E-state index in [4.69, 9.17) is 9.52 Å². The first-order valence-corrected chi connectivity index (χ1v) is 10.3. The smallest absolute Gasteiger partial charge is 0.236 e. The van der Waals surface area contributed by atoms with Crippen molar-refractivity contribution in [3.63, 3.8) is 0 Å². The zero-order chi connectivity index (χ0) is 20.9. The fourth-order valence-electron chi connectivity index (χ4n) is 3.21. The van der Waals surface area contributed by atoms with Gasteiger partial charge in [0.2, 0.25) is 10.0 Å². The number of fused-ring (bicyclic) bond motifs is 1. The highest BCUT2D eigenvalue weighted by Gasteiger charge is 2.47. The zero-order valence-electron chi connectivity index (χ0n) is 15.2. The highest BCUT2D eigenvalue weighted by atomic mass is 32.2. The Bertz CT molecular complexity index is 1210. The number of benzene rings is 2. The van der Waals surface area contributed by atoms with Crippen LogP contribution in [0.1, 0.15) is 12.0 Å². The maximum atomic E-state index is 14.8. The lowest BCUT2D eigenvalue weighted by atomic mass is 10.1. The topological polar surface area (TPSA) is 91.6 Å². The Balaban J connectivity index is 1.84. The maximum absolute atomic E-state index is 14.8. The maximum Gasteiger partial charge on any atom is 0.236 e. The molecule has 0 radical (unpaired) electrons. The average molecular weight is 426 g/mol. The second-order valence-corrected chi connectivity index (χ2v) is 8.91. The number of sulfonamides is 1. The first kappa shape index (κ1) is 19.6. The van der Waals surface area contributed by atoms with Crippen LogP contribution >= 0.6 is 0 Å². The molecule has 4 rings (SSSR count). The van der Waals surface area contributed by atoms with E-state index in [1.165, 1.54) is 12.1 Å². The minimum Gasteiger partial charge on any atom is -0.462 e. The second-order valence-electron chi connectivity index (χ2n) is 7.01. The molecule has 10 heteroatoms. The van der Waals surface area contributed by atoms with E-state index in [2.05, 4.69) is 10.0 Å². The molecule has 2 unspecified atom stereocenters. The van der Waals surface area contributed by atoms with E-state index >= 15 is 0 Å². The van der Waals surface area contributed by atoms with Gasteiger partial charge >= 0.3 is 0 Å². The Morgan fingerprint density at radius 1 is 1.17 bits per heavy atom. The van der Waals surface area contributed by atoms with Crippen molar-refractivity contribution < 1.29 is 31.1 Å². The third kappa shape index (κ3) is 3.42. The minimum absolute atomic E-state index is 0.167. The fourth-order valence-corrected chi connectivity index (χ4v) is 4.93. The van der Waals surface area contributed by atoms with Gasteiger partial charge in [0.25, 0.3) is 0 Å². The van der Waals surface area contributed by atoms with Crippen molar-refractivity contribution in [2.24, 2.45) is 5.92 Å². The molecule has 1 heterocycles. The predicted molar refractivity (Wildman–Crippen MR) is 102 cm³/mol. The van der Waals surface area contributed by atoms with Crippen molar-refractivity contribution in [1.82, 2.24) is 0 Å². The zero-order valence-corrected chi connectivity index (χ0v) is 16.0. The number of aliphatic hydroxyl groups is 1. The molecule has 2 aromatic carbocycles. The van der Waals surface area contributed by atoms with Crippen molar-refractivity contribution >= 4 is 38.1 Å². The molecule has 0 spiro atoms. The molecular weight excluding hydrogens is 409 g/mol. The molecule has 1 aliphatic carbocycles. The van der Waals surface area contributed by atoms with Crippen LogP contribution in [0.2, 0.25) is 0 Å². The lowest BCUT2D eigenvalue weighted by Crippen LogP contribution is -2.21. The van der Waals surface area contributed by atoms with E-state index in [1.807, 2.05) is 0 Å². The third-order valence-electron chi connectivity index (χ3n) is 4.91. The Hall–Kier alpha value is -2.72. The molecule has 0 amide bonds. The number of furan rings is 1. The highest BCUT2D eigenvalue weighted by molar-refractivity contribution is 7.93. The van der Waals surface area contributed by atoms with E-state index in [1.54, 1.807) is 13.0 Å². The number of hydrogen-bond donors (Lipinski definition) is 3. The number of hydrogen-bond acceptors (Lipinski definition) is 5. The Morgan fingerprint density at radius 3 is 2.59 bits per heavy atom. The van der Waals surface area contributed by atoms with Crippen molar-refractivity contribution in [2.45, 2.75) is 18.6 Å². The first-order chi connectivity index (χ1) is 13.7.